The molecule has 1 heterocycles. The van der Waals surface area contributed by atoms with Crippen molar-refractivity contribution >= 4 is 23.3 Å². The summed E-state index contributed by atoms with van der Waals surface area (Å²) in [7, 11) is 1.39. The number of amides is 1. The van der Waals surface area contributed by atoms with Gasteiger partial charge in [0.05, 0.1) is 34.9 Å². The van der Waals surface area contributed by atoms with Gasteiger partial charge in [-0.3, -0.25) is 14.9 Å². The van der Waals surface area contributed by atoms with Gasteiger partial charge in [0.15, 0.2) is 5.76 Å². The lowest BCUT2D eigenvalue weighted by atomic mass is 10.1. The number of nitro benzene ring substituents is 1. The van der Waals surface area contributed by atoms with E-state index in [9.17, 15) is 24.8 Å². The van der Waals surface area contributed by atoms with Crippen LogP contribution < -0.4 is 10.1 Å². The van der Waals surface area contributed by atoms with Crippen LogP contribution >= 0.6 is 0 Å². The number of furan rings is 1. The Morgan fingerprint density at radius 2 is 1.89 bits per heavy atom. The van der Waals surface area contributed by atoms with Crippen LogP contribution in [0.3, 0.4) is 0 Å². The number of carbonyl (C=O) groups excluding carboxylic acids is 1. The van der Waals surface area contributed by atoms with Gasteiger partial charge in [-0.25, -0.2) is 4.79 Å². The number of benzene rings is 2. The van der Waals surface area contributed by atoms with E-state index in [1.54, 1.807) is 6.07 Å². The molecule has 3 aromatic rings. The first-order valence-corrected chi connectivity index (χ1v) is 7.97. The van der Waals surface area contributed by atoms with Crippen LogP contribution in [0.2, 0.25) is 0 Å². The Kier molecular flexibility index (Phi) is 5.07. The number of aromatic carboxylic acids is 1. The first-order chi connectivity index (χ1) is 13.4. The second-order valence-corrected chi connectivity index (χ2v) is 5.61. The highest BCUT2D eigenvalue weighted by Crippen LogP contribution is 2.34. The van der Waals surface area contributed by atoms with E-state index in [2.05, 4.69) is 5.32 Å². The molecule has 2 N–H and O–H groups in total. The summed E-state index contributed by atoms with van der Waals surface area (Å²) in [6.07, 6.45) is 0. The van der Waals surface area contributed by atoms with Crippen LogP contribution in [0.15, 0.2) is 59.0 Å². The number of hydrogen-bond donors (Lipinski definition) is 2. The molecule has 2 aromatic carbocycles. The number of ether oxygens (including phenoxy) is 1. The molecule has 0 saturated carbocycles. The molecule has 0 aliphatic rings. The molecule has 0 radical (unpaired) electrons. The number of nitro groups is 1. The minimum Gasteiger partial charge on any atom is -0.497 e. The molecular weight excluding hydrogens is 368 g/mol. The molecule has 9 nitrogen and oxygen atoms in total. The molecule has 142 valence electrons. The molecule has 3 rings (SSSR count). The molecule has 0 unspecified atom stereocenters. The lowest BCUT2D eigenvalue weighted by molar-refractivity contribution is -0.384. The van der Waals surface area contributed by atoms with Gasteiger partial charge in [-0.2, -0.15) is 0 Å². The van der Waals surface area contributed by atoms with Gasteiger partial charge in [0.2, 0.25) is 0 Å². The predicted octanol–water partition coefficient (Wildman–Crippen LogP) is 3.81. The Bertz CT molecular complexity index is 1070. The zero-order chi connectivity index (χ0) is 20.3. The molecule has 0 fully saturated rings. The first-order valence-electron chi connectivity index (χ1n) is 7.97. The number of carboxylic acid groups (broad SMARTS) is 1. The molecule has 0 atom stereocenters. The Morgan fingerprint density at radius 3 is 2.57 bits per heavy atom. The minimum atomic E-state index is -1.19. The normalized spacial score (nSPS) is 10.3. The highest BCUT2D eigenvalue weighted by atomic mass is 16.6. The standard InChI is InChI=1S/C19H14N2O7/c1-27-11-6-7-13(15(10-11)21(25)26)16-8-9-17(28-16)18(22)20-14-5-3-2-4-12(14)19(23)24/h2-10H,1H3,(H,20,22)(H,23,24). The topological polar surface area (TPSA) is 132 Å². The maximum absolute atomic E-state index is 12.4. The lowest BCUT2D eigenvalue weighted by Gasteiger charge is -2.06. The summed E-state index contributed by atoms with van der Waals surface area (Å²) in [6, 6.07) is 12.9. The SMILES string of the molecule is COc1ccc(-c2ccc(C(=O)Nc3ccccc3C(=O)O)o2)c([N+](=O)[O-])c1. The van der Waals surface area contributed by atoms with Crippen LogP contribution in [-0.2, 0) is 0 Å². The molecular formula is C19H14N2O7. The summed E-state index contributed by atoms with van der Waals surface area (Å²) in [6.45, 7) is 0. The van der Waals surface area contributed by atoms with Crippen molar-refractivity contribution in [2.24, 2.45) is 0 Å². The third-order valence-electron chi connectivity index (χ3n) is 3.90. The van der Waals surface area contributed by atoms with Crippen molar-refractivity contribution in [2.75, 3.05) is 12.4 Å². The number of methoxy groups -OCH3 is 1. The van der Waals surface area contributed by atoms with Gasteiger partial charge in [-0.15, -0.1) is 0 Å². The number of anilines is 1. The van der Waals surface area contributed by atoms with Gasteiger partial charge >= 0.3 is 5.97 Å². The molecule has 0 spiro atoms. The van der Waals surface area contributed by atoms with Crippen LogP contribution in [0.1, 0.15) is 20.9 Å². The zero-order valence-electron chi connectivity index (χ0n) is 14.5. The molecule has 0 saturated heterocycles. The van der Waals surface area contributed by atoms with E-state index in [0.29, 0.717) is 5.75 Å². The van der Waals surface area contributed by atoms with Crippen molar-refractivity contribution in [3.63, 3.8) is 0 Å². The second-order valence-electron chi connectivity index (χ2n) is 5.61. The van der Waals surface area contributed by atoms with Crippen LogP contribution in [0.4, 0.5) is 11.4 Å². The fourth-order valence-electron chi connectivity index (χ4n) is 2.57. The van der Waals surface area contributed by atoms with Gasteiger partial charge in [-0.05, 0) is 36.4 Å². The van der Waals surface area contributed by atoms with Gasteiger partial charge < -0.3 is 19.6 Å². The molecule has 0 aliphatic heterocycles. The number of para-hydroxylation sites is 1. The Balaban J connectivity index is 1.90. The van der Waals surface area contributed by atoms with E-state index in [0.717, 1.165) is 0 Å². The third-order valence-corrected chi connectivity index (χ3v) is 3.90. The minimum absolute atomic E-state index is 0.0755. The Labute approximate surface area is 158 Å². The Morgan fingerprint density at radius 1 is 1.14 bits per heavy atom. The maximum Gasteiger partial charge on any atom is 0.337 e. The first kappa shape index (κ1) is 18.6. The number of carbonyl (C=O) groups is 2. The lowest BCUT2D eigenvalue weighted by Crippen LogP contribution is -2.14. The summed E-state index contributed by atoms with van der Waals surface area (Å²) in [5.74, 6) is -1.57. The van der Waals surface area contributed by atoms with E-state index in [1.165, 1.54) is 55.6 Å². The molecule has 0 bridgehead atoms. The monoisotopic (exact) mass is 382 g/mol. The van der Waals surface area contributed by atoms with Crippen molar-refractivity contribution in [1.29, 1.82) is 0 Å². The van der Waals surface area contributed by atoms with Crippen LogP contribution in [-0.4, -0.2) is 29.0 Å². The number of nitrogens with zero attached hydrogens (tertiary/aromatic N) is 1. The highest BCUT2D eigenvalue weighted by Gasteiger charge is 2.21. The summed E-state index contributed by atoms with van der Waals surface area (Å²) in [5.41, 5.74) is -0.0329. The number of rotatable bonds is 6. The third kappa shape index (κ3) is 3.68. The van der Waals surface area contributed by atoms with Crippen LogP contribution in [0.5, 0.6) is 5.75 Å². The second kappa shape index (κ2) is 7.62. The van der Waals surface area contributed by atoms with Crippen LogP contribution in [0, 0.1) is 10.1 Å². The van der Waals surface area contributed by atoms with E-state index in [-0.39, 0.29) is 34.0 Å². The van der Waals surface area contributed by atoms with Crippen LogP contribution in [0.25, 0.3) is 11.3 Å². The molecule has 0 aliphatic carbocycles. The van der Waals surface area contributed by atoms with Gasteiger partial charge in [0.25, 0.3) is 11.6 Å². The fraction of sp³-hybridized carbons (Fsp3) is 0.0526. The summed E-state index contributed by atoms with van der Waals surface area (Å²) < 4.78 is 10.5. The Hall–Kier alpha value is -4.14. The number of nitrogens with one attached hydrogen (secondary N) is 1. The summed E-state index contributed by atoms with van der Waals surface area (Å²) in [5, 5.41) is 23.0. The van der Waals surface area contributed by atoms with Gasteiger partial charge in [0, 0.05) is 0 Å². The average Bonchev–Trinajstić information content (AvgIpc) is 3.18. The van der Waals surface area contributed by atoms with Crippen molar-refractivity contribution in [1.82, 2.24) is 0 Å². The number of carboxylic acids is 1. The molecule has 1 amide bonds. The quantitative estimate of drug-likeness (QED) is 0.489. The van der Waals surface area contributed by atoms with Crippen molar-refractivity contribution in [3.8, 4) is 17.1 Å². The van der Waals surface area contributed by atoms with E-state index < -0.39 is 16.8 Å². The van der Waals surface area contributed by atoms with Crippen molar-refractivity contribution < 1.29 is 28.8 Å². The number of hydrogen-bond acceptors (Lipinski definition) is 6. The van der Waals surface area contributed by atoms with Gasteiger partial charge in [0.1, 0.15) is 11.5 Å². The molecule has 28 heavy (non-hydrogen) atoms. The van der Waals surface area contributed by atoms with Crippen molar-refractivity contribution in [2.45, 2.75) is 0 Å². The molecule has 1 aromatic heterocycles. The average molecular weight is 382 g/mol. The van der Waals surface area contributed by atoms with E-state index >= 15 is 0 Å². The highest BCUT2D eigenvalue weighted by molar-refractivity contribution is 6.06. The van der Waals surface area contributed by atoms with E-state index in [1.807, 2.05) is 0 Å². The molecule has 9 heteroatoms. The maximum atomic E-state index is 12.4. The smallest absolute Gasteiger partial charge is 0.337 e. The predicted molar refractivity (Wildman–Crippen MR) is 98.7 cm³/mol. The largest absolute Gasteiger partial charge is 0.497 e. The summed E-state index contributed by atoms with van der Waals surface area (Å²) >= 11 is 0. The van der Waals surface area contributed by atoms with Crippen molar-refractivity contribution in [3.05, 3.63) is 76.0 Å². The summed E-state index contributed by atoms with van der Waals surface area (Å²) in [4.78, 5) is 34.4. The van der Waals surface area contributed by atoms with Gasteiger partial charge in [-0.1, -0.05) is 12.1 Å². The van der Waals surface area contributed by atoms with E-state index in [4.69, 9.17) is 9.15 Å². The zero-order valence-corrected chi connectivity index (χ0v) is 14.5. The fourth-order valence-corrected chi connectivity index (χ4v) is 2.57.